The van der Waals surface area contributed by atoms with Crippen LogP contribution in [0, 0.1) is 28.6 Å². The van der Waals surface area contributed by atoms with Crippen LogP contribution in [-0.2, 0) is 14.3 Å². The molecule has 3 unspecified atom stereocenters. The van der Waals surface area contributed by atoms with Crippen LogP contribution in [0.5, 0.6) is 0 Å². The van der Waals surface area contributed by atoms with Crippen LogP contribution in [-0.4, -0.2) is 52.0 Å². The van der Waals surface area contributed by atoms with Gasteiger partial charge in [-0.1, -0.05) is 13.8 Å². The van der Waals surface area contributed by atoms with Crippen LogP contribution < -0.4 is 0 Å². The van der Waals surface area contributed by atoms with Crippen molar-refractivity contribution in [3.05, 3.63) is 0 Å². The predicted octanol–water partition coefficient (Wildman–Crippen LogP) is 4.12. The Morgan fingerprint density at radius 3 is 2.48 bits per heavy atom. The molecule has 0 saturated heterocycles. The Morgan fingerprint density at radius 1 is 1.00 bits per heavy atom. The highest BCUT2D eigenvalue weighted by molar-refractivity contribution is 5.66. The molecule has 6 nitrogen and oxygen atoms in total. The van der Waals surface area contributed by atoms with Gasteiger partial charge in [0.1, 0.15) is 6.79 Å². The first-order chi connectivity index (χ1) is 14.6. The third-order valence-electron chi connectivity index (χ3n) is 10.5. The van der Waals surface area contributed by atoms with E-state index in [2.05, 4.69) is 6.92 Å². The fraction of sp³-hybridized carbons (Fsp3) is 0.960. The molecule has 31 heavy (non-hydrogen) atoms. The lowest BCUT2D eigenvalue weighted by molar-refractivity contribution is -0.239. The van der Waals surface area contributed by atoms with Crippen molar-refractivity contribution in [1.82, 2.24) is 0 Å². The van der Waals surface area contributed by atoms with Gasteiger partial charge in [0.05, 0.1) is 17.3 Å². The lowest BCUT2D eigenvalue weighted by Gasteiger charge is -2.64. The molecule has 4 fully saturated rings. The molecule has 0 aliphatic heterocycles. The Hall–Kier alpha value is -0.690. The number of carboxylic acid groups (broad SMARTS) is 1. The Morgan fingerprint density at radius 2 is 1.77 bits per heavy atom. The third kappa shape index (κ3) is 3.56. The quantitative estimate of drug-likeness (QED) is 0.409. The number of ether oxygens (including phenoxy) is 2. The number of hydrogen-bond donors (Lipinski definition) is 3. The lowest BCUT2D eigenvalue weighted by Crippen LogP contribution is -2.65. The number of carbonyl (C=O) groups is 1. The van der Waals surface area contributed by atoms with Crippen molar-refractivity contribution in [3.63, 3.8) is 0 Å². The molecule has 4 saturated carbocycles. The van der Waals surface area contributed by atoms with E-state index in [1.165, 1.54) is 0 Å². The Balaban J connectivity index is 1.51. The molecule has 0 radical (unpaired) electrons. The van der Waals surface area contributed by atoms with Gasteiger partial charge in [-0.3, -0.25) is 4.79 Å². The molecule has 178 valence electrons. The highest BCUT2D eigenvalue weighted by Gasteiger charge is 2.71. The summed E-state index contributed by atoms with van der Waals surface area (Å²) in [5.74, 6) is 0.373. The fourth-order valence-corrected chi connectivity index (χ4v) is 8.39. The van der Waals surface area contributed by atoms with Crippen LogP contribution in [0.3, 0.4) is 0 Å². The van der Waals surface area contributed by atoms with Gasteiger partial charge in [0.25, 0.3) is 0 Å². The van der Waals surface area contributed by atoms with Gasteiger partial charge < -0.3 is 24.8 Å². The second-order valence-electron chi connectivity index (χ2n) is 11.4. The lowest BCUT2D eigenvalue weighted by atomic mass is 9.43. The highest BCUT2D eigenvalue weighted by atomic mass is 16.7. The summed E-state index contributed by atoms with van der Waals surface area (Å²) in [7, 11) is 0. The molecular formula is C25H42O6. The third-order valence-corrected chi connectivity index (χ3v) is 10.5. The largest absolute Gasteiger partial charge is 0.481 e. The average molecular weight is 439 g/mol. The maximum atomic E-state index is 12.1. The van der Waals surface area contributed by atoms with Crippen LogP contribution in [0.25, 0.3) is 0 Å². The van der Waals surface area contributed by atoms with Gasteiger partial charge >= 0.3 is 5.97 Å². The SMILES string of the molecule is CCOCOC1CC[C@@]2(C)C(CC[C@@H]3[C@H]2CC[C@]2(C)C(O)(CCC(=O)O)CC[C@@]32O)C1. The number of carboxylic acids is 1. The molecule has 4 aliphatic carbocycles. The summed E-state index contributed by atoms with van der Waals surface area (Å²) in [4.78, 5) is 11.2. The number of aliphatic carboxylic acids is 1. The summed E-state index contributed by atoms with van der Waals surface area (Å²) in [6.45, 7) is 7.50. The van der Waals surface area contributed by atoms with Crippen LogP contribution >= 0.6 is 0 Å². The second-order valence-corrected chi connectivity index (χ2v) is 11.4. The molecule has 0 aromatic rings. The van der Waals surface area contributed by atoms with Gasteiger partial charge in [-0.15, -0.1) is 0 Å². The van der Waals surface area contributed by atoms with E-state index in [0.29, 0.717) is 38.1 Å². The van der Waals surface area contributed by atoms with Crippen molar-refractivity contribution in [3.8, 4) is 0 Å². The second kappa shape index (κ2) is 8.27. The van der Waals surface area contributed by atoms with Crippen molar-refractivity contribution in [2.45, 2.75) is 109 Å². The summed E-state index contributed by atoms with van der Waals surface area (Å²) in [5, 5.41) is 32.8. The van der Waals surface area contributed by atoms with Crippen LogP contribution in [0.15, 0.2) is 0 Å². The van der Waals surface area contributed by atoms with E-state index in [1.807, 2.05) is 13.8 Å². The van der Waals surface area contributed by atoms with E-state index in [9.17, 15) is 20.1 Å². The summed E-state index contributed by atoms with van der Waals surface area (Å²) < 4.78 is 11.4. The first kappa shape index (κ1) is 23.5. The summed E-state index contributed by atoms with van der Waals surface area (Å²) in [6, 6.07) is 0. The van der Waals surface area contributed by atoms with Crippen LogP contribution in [0.2, 0.25) is 0 Å². The van der Waals surface area contributed by atoms with E-state index >= 15 is 0 Å². The van der Waals surface area contributed by atoms with E-state index in [-0.39, 0.29) is 30.3 Å². The summed E-state index contributed by atoms with van der Waals surface area (Å²) in [5.41, 5.74) is -2.42. The molecule has 0 amide bonds. The maximum absolute atomic E-state index is 12.1. The summed E-state index contributed by atoms with van der Waals surface area (Å²) >= 11 is 0. The van der Waals surface area contributed by atoms with Crippen LogP contribution in [0.1, 0.15) is 91.4 Å². The first-order valence-electron chi connectivity index (χ1n) is 12.5. The molecule has 3 N–H and O–H groups in total. The molecule has 8 atom stereocenters. The Labute approximate surface area is 186 Å². The molecule has 0 bridgehead atoms. The molecule has 4 rings (SSSR count). The molecular weight excluding hydrogens is 396 g/mol. The van der Waals surface area contributed by atoms with Gasteiger partial charge in [-0.05, 0) is 94.3 Å². The average Bonchev–Trinajstić information content (AvgIpc) is 2.94. The predicted molar refractivity (Wildman–Crippen MR) is 116 cm³/mol. The van der Waals surface area contributed by atoms with Crippen molar-refractivity contribution in [2.24, 2.45) is 28.6 Å². The van der Waals surface area contributed by atoms with E-state index < -0.39 is 22.6 Å². The molecule has 0 heterocycles. The first-order valence-corrected chi connectivity index (χ1v) is 12.5. The standard InChI is InChI=1S/C25H42O6/c1-4-30-16-31-18-7-10-22(2)17(15-18)5-6-20-19(22)8-11-23(3)24(28,12-9-21(26)27)13-14-25(20,23)29/h17-20,28-29H,4-16H2,1-3H3,(H,26,27)/t17?,18?,19-,20-,22+,23-,24?,25-/m1/s1. The van der Waals surface area contributed by atoms with Gasteiger partial charge in [-0.2, -0.15) is 0 Å². The smallest absolute Gasteiger partial charge is 0.303 e. The number of fused-ring (bicyclic) bond motifs is 5. The minimum atomic E-state index is -1.09. The monoisotopic (exact) mass is 438 g/mol. The van der Waals surface area contributed by atoms with Gasteiger partial charge in [0.2, 0.25) is 0 Å². The number of aliphatic hydroxyl groups is 2. The van der Waals surface area contributed by atoms with Crippen molar-refractivity contribution >= 4 is 5.97 Å². The topological polar surface area (TPSA) is 96.2 Å². The molecule has 0 aromatic heterocycles. The van der Waals surface area contributed by atoms with E-state index in [1.54, 1.807) is 0 Å². The van der Waals surface area contributed by atoms with Crippen LogP contribution in [0.4, 0.5) is 0 Å². The number of rotatable bonds is 7. The minimum Gasteiger partial charge on any atom is -0.481 e. The van der Waals surface area contributed by atoms with Crippen molar-refractivity contribution in [1.29, 1.82) is 0 Å². The van der Waals surface area contributed by atoms with Crippen molar-refractivity contribution in [2.75, 3.05) is 13.4 Å². The Bertz CT molecular complexity index is 683. The molecule has 4 aliphatic rings. The van der Waals surface area contributed by atoms with Gasteiger partial charge in [-0.25, -0.2) is 0 Å². The van der Waals surface area contributed by atoms with Crippen molar-refractivity contribution < 1.29 is 29.6 Å². The van der Waals surface area contributed by atoms with Gasteiger partial charge in [0, 0.05) is 18.4 Å². The molecule has 0 aromatic carbocycles. The Kier molecular flexibility index (Phi) is 6.26. The molecule has 0 spiro atoms. The number of hydrogen-bond acceptors (Lipinski definition) is 5. The maximum Gasteiger partial charge on any atom is 0.303 e. The summed E-state index contributed by atoms with van der Waals surface area (Å²) in [6.07, 6.45) is 8.65. The molecule has 6 heteroatoms. The zero-order chi connectivity index (χ0) is 22.5. The highest BCUT2D eigenvalue weighted by Crippen LogP contribution is 2.70. The fourth-order valence-electron chi connectivity index (χ4n) is 8.39. The van der Waals surface area contributed by atoms with E-state index in [4.69, 9.17) is 9.47 Å². The van der Waals surface area contributed by atoms with Gasteiger partial charge in [0.15, 0.2) is 0 Å². The minimum absolute atomic E-state index is 0.0425. The normalized spacial score (nSPS) is 49.2. The zero-order valence-corrected chi connectivity index (χ0v) is 19.6. The van der Waals surface area contributed by atoms with E-state index in [0.717, 1.165) is 44.9 Å². The zero-order valence-electron chi connectivity index (χ0n) is 19.6.